The van der Waals surface area contributed by atoms with Crippen LogP contribution in [0.4, 0.5) is 11.4 Å². The highest BCUT2D eigenvalue weighted by Gasteiger charge is 2.27. The smallest absolute Gasteiger partial charge is 0.250 e. The van der Waals surface area contributed by atoms with Crippen molar-refractivity contribution >= 4 is 23.2 Å². The summed E-state index contributed by atoms with van der Waals surface area (Å²) in [5, 5.41) is 2.95. The fourth-order valence-corrected chi connectivity index (χ4v) is 4.11. The number of ether oxygens (including phenoxy) is 1. The van der Waals surface area contributed by atoms with Crippen molar-refractivity contribution < 1.29 is 14.3 Å². The molecule has 1 unspecified atom stereocenters. The molecule has 1 fully saturated rings. The minimum atomic E-state index is -0.547. The summed E-state index contributed by atoms with van der Waals surface area (Å²) < 4.78 is 5.38. The minimum absolute atomic E-state index is 0.0891. The summed E-state index contributed by atoms with van der Waals surface area (Å²) in [5.74, 6) is -0.840. The summed E-state index contributed by atoms with van der Waals surface area (Å²) in [4.78, 5) is 27.2. The molecule has 2 aliphatic rings. The molecular weight excluding hydrogens is 354 g/mol. The Balaban J connectivity index is 1.57. The zero-order chi connectivity index (χ0) is 19.5. The quantitative estimate of drug-likeness (QED) is 0.855. The molecule has 3 N–H and O–H groups in total. The molecule has 0 spiro atoms. The second kappa shape index (κ2) is 8.02. The van der Waals surface area contributed by atoms with E-state index < -0.39 is 5.91 Å². The van der Waals surface area contributed by atoms with Crippen LogP contribution in [0.3, 0.4) is 0 Å². The molecule has 2 amide bonds. The van der Waals surface area contributed by atoms with Gasteiger partial charge in [0.05, 0.1) is 30.4 Å². The van der Waals surface area contributed by atoms with E-state index in [0.29, 0.717) is 24.5 Å². The molecular formula is C22H25N3O3. The number of morpholine rings is 1. The van der Waals surface area contributed by atoms with Crippen LogP contribution in [0, 0.1) is 0 Å². The predicted octanol–water partition coefficient (Wildman–Crippen LogP) is 2.68. The number of nitrogens with zero attached hydrogens (tertiary/aromatic N) is 1. The number of nitrogens with one attached hydrogen (secondary N) is 1. The third kappa shape index (κ3) is 3.73. The van der Waals surface area contributed by atoms with Gasteiger partial charge in [-0.3, -0.25) is 9.59 Å². The van der Waals surface area contributed by atoms with Crippen LogP contribution in [-0.4, -0.2) is 38.1 Å². The lowest BCUT2D eigenvalue weighted by molar-refractivity contribution is -0.117. The summed E-state index contributed by atoms with van der Waals surface area (Å²) in [6, 6.07) is 13.5. The molecule has 0 saturated carbocycles. The Bertz CT molecular complexity index is 890. The number of anilines is 2. The van der Waals surface area contributed by atoms with Gasteiger partial charge in [-0.2, -0.15) is 0 Å². The van der Waals surface area contributed by atoms with E-state index in [2.05, 4.69) is 16.3 Å². The molecule has 0 radical (unpaired) electrons. The van der Waals surface area contributed by atoms with Crippen molar-refractivity contribution in [3.05, 3.63) is 59.2 Å². The maximum atomic E-state index is 13.0. The summed E-state index contributed by atoms with van der Waals surface area (Å²) in [7, 11) is 0. The van der Waals surface area contributed by atoms with Crippen LogP contribution in [0.15, 0.2) is 42.5 Å². The largest absolute Gasteiger partial charge is 0.378 e. The number of carbonyl (C=O) groups is 2. The number of fused-ring (bicyclic) bond motifs is 1. The van der Waals surface area contributed by atoms with Crippen LogP contribution < -0.4 is 16.0 Å². The Kier molecular flexibility index (Phi) is 5.30. The van der Waals surface area contributed by atoms with E-state index in [-0.39, 0.29) is 11.8 Å². The van der Waals surface area contributed by atoms with Crippen LogP contribution in [0.5, 0.6) is 0 Å². The molecule has 1 atom stereocenters. The molecule has 2 aromatic carbocycles. The van der Waals surface area contributed by atoms with Gasteiger partial charge in [0, 0.05) is 18.8 Å². The Labute approximate surface area is 164 Å². The topological polar surface area (TPSA) is 84.7 Å². The zero-order valence-electron chi connectivity index (χ0n) is 15.8. The monoisotopic (exact) mass is 379 g/mol. The highest BCUT2D eigenvalue weighted by atomic mass is 16.5. The van der Waals surface area contributed by atoms with Gasteiger partial charge in [0.1, 0.15) is 0 Å². The Morgan fingerprint density at radius 1 is 1.11 bits per heavy atom. The molecule has 4 rings (SSSR count). The van der Waals surface area contributed by atoms with Crippen molar-refractivity contribution in [2.45, 2.75) is 25.2 Å². The minimum Gasteiger partial charge on any atom is -0.378 e. The van der Waals surface area contributed by atoms with Crippen molar-refractivity contribution in [3.8, 4) is 0 Å². The van der Waals surface area contributed by atoms with Gasteiger partial charge >= 0.3 is 0 Å². The van der Waals surface area contributed by atoms with Gasteiger partial charge < -0.3 is 20.7 Å². The number of carbonyl (C=O) groups excluding carboxylic acids is 2. The maximum absolute atomic E-state index is 13.0. The standard InChI is InChI=1S/C22H25N3O3/c23-21(26)19-14-16(25-10-12-28-13-11-25)8-9-20(19)24-22(27)18-7-3-5-15-4-1-2-6-17(15)18/h1-2,4,6,8-9,14,18H,3,5,7,10-13H2,(H2,23,26)(H,24,27). The van der Waals surface area contributed by atoms with Gasteiger partial charge in [-0.05, 0) is 48.6 Å². The van der Waals surface area contributed by atoms with Crippen LogP contribution in [-0.2, 0) is 16.0 Å². The lowest BCUT2D eigenvalue weighted by Crippen LogP contribution is -2.36. The first-order valence-electron chi connectivity index (χ1n) is 9.78. The van der Waals surface area contributed by atoms with Crippen LogP contribution in [0.25, 0.3) is 0 Å². The summed E-state index contributed by atoms with van der Waals surface area (Å²) >= 11 is 0. The summed E-state index contributed by atoms with van der Waals surface area (Å²) in [6.07, 6.45) is 2.79. The predicted molar refractivity (Wildman–Crippen MR) is 109 cm³/mol. The SMILES string of the molecule is NC(=O)c1cc(N2CCOCC2)ccc1NC(=O)C1CCCc2ccccc21. The van der Waals surface area contributed by atoms with E-state index in [1.807, 2.05) is 24.3 Å². The van der Waals surface area contributed by atoms with Crippen molar-refractivity contribution in [1.29, 1.82) is 0 Å². The van der Waals surface area contributed by atoms with Gasteiger partial charge in [0.2, 0.25) is 5.91 Å². The fraction of sp³-hybridized carbons (Fsp3) is 0.364. The third-order valence-electron chi connectivity index (χ3n) is 5.59. The van der Waals surface area contributed by atoms with Crippen LogP contribution in [0.2, 0.25) is 0 Å². The molecule has 0 aromatic heterocycles. The number of amides is 2. The van der Waals surface area contributed by atoms with E-state index in [1.54, 1.807) is 12.1 Å². The van der Waals surface area contributed by atoms with Crippen molar-refractivity contribution in [2.24, 2.45) is 5.73 Å². The zero-order valence-corrected chi connectivity index (χ0v) is 15.8. The Morgan fingerprint density at radius 3 is 2.68 bits per heavy atom. The van der Waals surface area contributed by atoms with Gasteiger partial charge in [0.25, 0.3) is 5.91 Å². The average molecular weight is 379 g/mol. The molecule has 0 bridgehead atoms. The molecule has 1 saturated heterocycles. The van der Waals surface area contributed by atoms with Crippen molar-refractivity contribution in [3.63, 3.8) is 0 Å². The molecule has 1 aliphatic heterocycles. The first-order chi connectivity index (χ1) is 13.6. The summed E-state index contributed by atoms with van der Waals surface area (Å²) in [6.45, 7) is 2.85. The number of primary amides is 1. The van der Waals surface area contributed by atoms with Gasteiger partial charge in [-0.25, -0.2) is 0 Å². The van der Waals surface area contributed by atoms with E-state index >= 15 is 0 Å². The lowest BCUT2D eigenvalue weighted by atomic mass is 9.82. The number of benzene rings is 2. The highest BCUT2D eigenvalue weighted by molar-refractivity contribution is 6.05. The second-order valence-corrected chi connectivity index (χ2v) is 7.33. The highest BCUT2D eigenvalue weighted by Crippen LogP contribution is 2.33. The molecule has 28 heavy (non-hydrogen) atoms. The van der Waals surface area contributed by atoms with E-state index in [1.165, 1.54) is 5.56 Å². The molecule has 6 heteroatoms. The van der Waals surface area contributed by atoms with Crippen LogP contribution in [0.1, 0.15) is 40.2 Å². The van der Waals surface area contributed by atoms with Gasteiger partial charge in [0.15, 0.2) is 0 Å². The second-order valence-electron chi connectivity index (χ2n) is 7.33. The lowest BCUT2D eigenvalue weighted by Gasteiger charge is -2.29. The third-order valence-corrected chi connectivity index (χ3v) is 5.59. The molecule has 6 nitrogen and oxygen atoms in total. The number of nitrogens with two attached hydrogens (primary N) is 1. The first-order valence-corrected chi connectivity index (χ1v) is 9.78. The van der Waals surface area contributed by atoms with Crippen LogP contribution >= 0.6 is 0 Å². The van der Waals surface area contributed by atoms with Gasteiger partial charge in [-0.15, -0.1) is 0 Å². The summed E-state index contributed by atoms with van der Waals surface area (Å²) in [5.41, 5.74) is 9.64. The van der Waals surface area contributed by atoms with E-state index in [0.717, 1.165) is 43.6 Å². The average Bonchev–Trinajstić information content (AvgIpc) is 2.74. The Hall–Kier alpha value is -2.86. The molecule has 2 aromatic rings. The van der Waals surface area contributed by atoms with Crippen molar-refractivity contribution in [1.82, 2.24) is 0 Å². The number of aryl methyl sites for hydroxylation is 1. The normalized spacial score (nSPS) is 19.0. The number of hydrogen-bond acceptors (Lipinski definition) is 4. The first kappa shape index (κ1) is 18.5. The van der Waals surface area contributed by atoms with E-state index in [9.17, 15) is 9.59 Å². The molecule has 1 heterocycles. The Morgan fingerprint density at radius 2 is 1.89 bits per heavy atom. The number of hydrogen-bond donors (Lipinski definition) is 2. The van der Waals surface area contributed by atoms with E-state index in [4.69, 9.17) is 10.5 Å². The van der Waals surface area contributed by atoms with Gasteiger partial charge in [-0.1, -0.05) is 24.3 Å². The maximum Gasteiger partial charge on any atom is 0.250 e. The molecule has 146 valence electrons. The van der Waals surface area contributed by atoms with Crippen molar-refractivity contribution in [2.75, 3.05) is 36.5 Å². The molecule has 1 aliphatic carbocycles. The number of rotatable bonds is 4. The fourth-order valence-electron chi connectivity index (χ4n) is 4.11.